The van der Waals surface area contributed by atoms with Gasteiger partial charge in [-0.05, 0) is 55.8 Å². The maximum atomic E-state index is 3.45. The average molecular weight is 242 g/mol. The highest BCUT2D eigenvalue weighted by molar-refractivity contribution is 5.83. The van der Waals surface area contributed by atoms with Crippen LogP contribution in [-0.2, 0) is 6.42 Å². The summed E-state index contributed by atoms with van der Waals surface area (Å²) >= 11 is 0. The Morgan fingerprint density at radius 1 is 1.22 bits per heavy atom. The van der Waals surface area contributed by atoms with Crippen molar-refractivity contribution in [3.05, 3.63) is 36.0 Å². The lowest BCUT2D eigenvalue weighted by Crippen LogP contribution is -2.31. The van der Waals surface area contributed by atoms with Crippen molar-refractivity contribution in [2.45, 2.75) is 26.2 Å². The monoisotopic (exact) mass is 242 g/mol. The zero-order chi connectivity index (χ0) is 12.4. The Morgan fingerprint density at radius 2 is 2.00 bits per heavy atom. The predicted molar refractivity (Wildman–Crippen MR) is 76.8 cm³/mol. The largest absolute Gasteiger partial charge is 0.361 e. The van der Waals surface area contributed by atoms with Gasteiger partial charge in [-0.25, -0.2) is 0 Å². The van der Waals surface area contributed by atoms with E-state index >= 15 is 0 Å². The maximum absolute atomic E-state index is 3.45. The minimum absolute atomic E-state index is 0.784. The molecule has 0 amide bonds. The van der Waals surface area contributed by atoms with Gasteiger partial charge < -0.3 is 10.3 Å². The Kier molecular flexibility index (Phi) is 3.37. The van der Waals surface area contributed by atoms with Crippen LogP contribution >= 0.6 is 0 Å². The first-order valence-electron chi connectivity index (χ1n) is 7.10. The molecule has 1 fully saturated rings. The van der Waals surface area contributed by atoms with Crippen LogP contribution < -0.4 is 5.32 Å². The molecule has 1 saturated heterocycles. The van der Waals surface area contributed by atoms with Gasteiger partial charge in [0.15, 0.2) is 0 Å². The molecule has 2 heterocycles. The molecule has 1 aliphatic rings. The summed E-state index contributed by atoms with van der Waals surface area (Å²) in [6.45, 7) is 4.81. The molecule has 1 aromatic heterocycles. The van der Waals surface area contributed by atoms with Gasteiger partial charge >= 0.3 is 0 Å². The topological polar surface area (TPSA) is 27.8 Å². The number of fused-ring (bicyclic) bond motifs is 1. The summed E-state index contributed by atoms with van der Waals surface area (Å²) in [6, 6.07) is 8.62. The molecule has 0 aliphatic carbocycles. The lowest BCUT2D eigenvalue weighted by Gasteiger charge is -2.28. The first-order chi connectivity index (χ1) is 8.84. The number of nitrogens with one attached hydrogen (secondary N) is 2. The average Bonchev–Trinajstić information content (AvgIpc) is 2.83. The van der Waals surface area contributed by atoms with Crippen LogP contribution in [0.15, 0.2) is 30.5 Å². The molecule has 1 unspecified atom stereocenters. The molecule has 1 atom stereocenters. The van der Waals surface area contributed by atoms with Gasteiger partial charge in [-0.15, -0.1) is 0 Å². The maximum Gasteiger partial charge on any atom is 0.0456 e. The van der Waals surface area contributed by atoms with Crippen LogP contribution in [0.2, 0.25) is 0 Å². The van der Waals surface area contributed by atoms with E-state index in [0.717, 1.165) is 11.8 Å². The molecule has 2 N–H and O–H groups in total. The van der Waals surface area contributed by atoms with Gasteiger partial charge in [-0.2, -0.15) is 0 Å². The van der Waals surface area contributed by atoms with E-state index in [9.17, 15) is 0 Å². The summed E-state index contributed by atoms with van der Waals surface area (Å²) in [5, 5.41) is 4.85. The van der Waals surface area contributed by atoms with Gasteiger partial charge in [0.05, 0.1) is 0 Å². The number of piperidine rings is 1. The van der Waals surface area contributed by atoms with Crippen molar-refractivity contribution in [1.29, 1.82) is 0 Å². The number of rotatable bonds is 3. The van der Waals surface area contributed by atoms with Crippen LogP contribution in [0.3, 0.4) is 0 Å². The Balaban J connectivity index is 1.75. The molecule has 0 saturated carbocycles. The van der Waals surface area contributed by atoms with Crippen molar-refractivity contribution in [3.63, 3.8) is 0 Å². The lowest BCUT2D eigenvalue weighted by atomic mass is 9.82. The first kappa shape index (κ1) is 11.8. The van der Waals surface area contributed by atoms with Gasteiger partial charge in [-0.3, -0.25) is 0 Å². The quantitative estimate of drug-likeness (QED) is 0.848. The summed E-state index contributed by atoms with van der Waals surface area (Å²) in [4.78, 5) is 3.38. The smallest absolute Gasteiger partial charge is 0.0456 e. The van der Waals surface area contributed by atoms with Crippen LogP contribution in [0.1, 0.15) is 25.3 Å². The summed E-state index contributed by atoms with van der Waals surface area (Å²) in [6.07, 6.45) is 6.07. The fourth-order valence-corrected chi connectivity index (χ4v) is 3.23. The predicted octanol–water partition coefficient (Wildman–Crippen LogP) is 3.35. The summed E-state index contributed by atoms with van der Waals surface area (Å²) in [5.74, 6) is 1.67. The van der Waals surface area contributed by atoms with E-state index in [1.54, 1.807) is 0 Å². The third-order valence-corrected chi connectivity index (χ3v) is 4.41. The number of aromatic amines is 1. The van der Waals surface area contributed by atoms with E-state index in [2.05, 4.69) is 47.7 Å². The third-order valence-electron chi connectivity index (χ3n) is 4.41. The second-order valence-corrected chi connectivity index (χ2v) is 5.63. The number of para-hydroxylation sites is 1. The molecule has 1 aliphatic heterocycles. The second kappa shape index (κ2) is 5.15. The normalized spacial score (nSPS) is 19.2. The standard InChI is InChI=1S/C16H22N2/c1-12(13-6-8-17-9-7-13)10-14-11-18-16-5-3-2-4-15(14)16/h2-5,11-13,17-18H,6-10H2,1H3. The molecular formula is C16H22N2. The SMILES string of the molecule is CC(Cc1c[nH]c2ccccc12)C1CCNCC1. The van der Waals surface area contributed by atoms with Crippen LogP contribution in [0.25, 0.3) is 10.9 Å². The molecule has 2 aromatic rings. The van der Waals surface area contributed by atoms with E-state index in [1.165, 1.54) is 48.8 Å². The highest BCUT2D eigenvalue weighted by Gasteiger charge is 2.20. The Hall–Kier alpha value is -1.28. The molecule has 0 spiro atoms. The van der Waals surface area contributed by atoms with Gasteiger partial charge in [0.1, 0.15) is 0 Å². The number of hydrogen-bond donors (Lipinski definition) is 2. The molecule has 0 bridgehead atoms. The van der Waals surface area contributed by atoms with Crippen LogP contribution in [0.4, 0.5) is 0 Å². The molecule has 0 radical (unpaired) electrons. The van der Waals surface area contributed by atoms with Gasteiger partial charge in [-0.1, -0.05) is 25.1 Å². The van der Waals surface area contributed by atoms with E-state index in [0.29, 0.717) is 0 Å². The van der Waals surface area contributed by atoms with Gasteiger partial charge in [0.25, 0.3) is 0 Å². The van der Waals surface area contributed by atoms with E-state index in [-0.39, 0.29) is 0 Å². The fourth-order valence-electron chi connectivity index (χ4n) is 3.23. The molecule has 2 nitrogen and oxygen atoms in total. The molecule has 1 aromatic carbocycles. The van der Waals surface area contributed by atoms with Crippen molar-refractivity contribution in [3.8, 4) is 0 Å². The summed E-state index contributed by atoms with van der Waals surface area (Å²) in [5.41, 5.74) is 2.75. The molecule has 18 heavy (non-hydrogen) atoms. The van der Waals surface area contributed by atoms with Gasteiger partial charge in [0, 0.05) is 17.1 Å². The van der Waals surface area contributed by atoms with Crippen molar-refractivity contribution in [1.82, 2.24) is 10.3 Å². The number of H-pyrrole nitrogens is 1. The van der Waals surface area contributed by atoms with Crippen molar-refractivity contribution in [2.24, 2.45) is 11.8 Å². The lowest BCUT2D eigenvalue weighted by molar-refractivity contribution is 0.274. The fraction of sp³-hybridized carbons (Fsp3) is 0.500. The highest BCUT2D eigenvalue weighted by atomic mass is 14.9. The third kappa shape index (κ3) is 2.30. The molecule has 96 valence electrons. The van der Waals surface area contributed by atoms with Crippen LogP contribution in [-0.4, -0.2) is 18.1 Å². The Bertz CT molecular complexity index is 509. The first-order valence-corrected chi connectivity index (χ1v) is 7.10. The zero-order valence-corrected chi connectivity index (χ0v) is 11.1. The Labute approximate surface area is 109 Å². The Morgan fingerprint density at radius 3 is 2.83 bits per heavy atom. The van der Waals surface area contributed by atoms with Crippen molar-refractivity contribution in [2.75, 3.05) is 13.1 Å². The van der Waals surface area contributed by atoms with Crippen molar-refractivity contribution >= 4 is 10.9 Å². The van der Waals surface area contributed by atoms with Crippen LogP contribution in [0, 0.1) is 11.8 Å². The summed E-state index contributed by atoms with van der Waals surface area (Å²) in [7, 11) is 0. The molecule has 3 rings (SSSR count). The van der Waals surface area contributed by atoms with E-state index in [1.807, 2.05) is 0 Å². The minimum Gasteiger partial charge on any atom is -0.361 e. The van der Waals surface area contributed by atoms with E-state index < -0.39 is 0 Å². The van der Waals surface area contributed by atoms with Crippen LogP contribution in [0.5, 0.6) is 0 Å². The van der Waals surface area contributed by atoms with E-state index in [4.69, 9.17) is 0 Å². The summed E-state index contributed by atoms with van der Waals surface area (Å²) < 4.78 is 0. The minimum atomic E-state index is 0.784. The zero-order valence-electron chi connectivity index (χ0n) is 11.1. The number of aromatic nitrogens is 1. The van der Waals surface area contributed by atoms with Gasteiger partial charge in [0.2, 0.25) is 0 Å². The number of benzene rings is 1. The molecular weight excluding hydrogens is 220 g/mol. The van der Waals surface area contributed by atoms with Crippen molar-refractivity contribution < 1.29 is 0 Å². The second-order valence-electron chi connectivity index (χ2n) is 5.63. The number of hydrogen-bond acceptors (Lipinski definition) is 1. The highest BCUT2D eigenvalue weighted by Crippen LogP contribution is 2.27. The molecule has 2 heteroatoms.